The molecule has 0 atom stereocenters. The summed E-state index contributed by atoms with van der Waals surface area (Å²) in [7, 11) is -3.00. The summed E-state index contributed by atoms with van der Waals surface area (Å²) in [4.78, 5) is 15.3. The van der Waals surface area contributed by atoms with Crippen molar-refractivity contribution < 1.29 is 0 Å². The second kappa shape index (κ2) is 14.6. The minimum atomic E-state index is -1.50. The van der Waals surface area contributed by atoms with Gasteiger partial charge in [0.1, 0.15) is 0 Å². The Kier molecular flexibility index (Phi) is 8.91. The molecule has 0 saturated carbocycles. The third-order valence-corrected chi connectivity index (χ3v) is 19.3. The molecular formula is C56H46N4S2Si2. The van der Waals surface area contributed by atoms with Crippen LogP contribution >= 0.6 is 22.7 Å². The zero-order valence-corrected chi connectivity index (χ0v) is 40.4. The second-order valence-corrected chi connectivity index (χ2v) is 31.5. The van der Waals surface area contributed by atoms with Crippen LogP contribution in [0.5, 0.6) is 0 Å². The number of fused-ring (bicyclic) bond motifs is 6. The topological polar surface area (TPSA) is 32.3 Å². The van der Waals surface area contributed by atoms with Crippen LogP contribution < -0.4 is 20.2 Å². The molecule has 0 bridgehead atoms. The zero-order valence-electron chi connectivity index (χ0n) is 36.8. The van der Waals surface area contributed by atoms with E-state index in [4.69, 9.17) is 9.97 Å². The Morgan fingerprint density at radius 3 is 1.14 bits per heavy atom. The largest absolute Gasteiger partial charge is 0.310 e. The molecule has 0 aliphatic rings. The van der Waals surface area contributed by atoms with Crippen LogP contribution in [-0.4, -0.2) is 26.1 Å². The van der Waals surface area contributed by atoms with Gasteiger partial charge in [0.25, 0.3) is 0 Å². The molecule has 310 valence electrons. The average Bonchev–Trinajstić information content (AvgIpc) is 3.86. The molecule has 0 N–H and O–H groups in total. The molecule has 0 fully saturated rings. The van der Waals surface area contributed by atoms with Crippen molar-refractivity contribution in [3.63, 3.8) is 0 Å². The zero-order chi connectivity index (χ0) is 43.5. The van der Waals surface area contributed by atoms with Crippen molar-refractivity contribution in [1.82, 2.24) is 9.97 Å². The van der Waals surface area contributed by atoms with E-state index in [2.05, 4.69) is 219 Å². The molecule has 8 heteroatoms. The normalized spacial score (nSPS) is 12.5. The molecular weight excluding hydrogens is 849 g/mol. The van der Waals surface area contributed by atoms with Crippen molar-refractivity contribution in [2.45, 2.75) is 39.3 Å². The van der Waals surface area contributed by atoms with Crippen LogP contribution in [0.1, 0.15) is 0 Å². The lowest BCUT2D eigenvalue weighted by atomic mass is 9.99. The predicted octanol–water partition coefficient (Wildman–Crippen LogP) is 16.1. The van der Waals surface area contributed by atoms with Crippen molar-refractivity contribution in [1.29, 1.82) is 0 Å². The molecule has 0 amide bonds. The summed E-state index contributed by atoms with van der Waals surface area (Å²) in [6.45, 7) is 14.4. The predicted molar refractivity (Wildman–Crippen MR) is 287 cm³/mol. The number of anilines is 6. The van der Waals surface area contributed by atoms with Crippen LogP contribution in [0.4, 0.5) is 34.1 Å². The Balaban J connectivity index is 1.01. The number of rotatable bonds is 8. The second-order valence-electron chi connectivity index (χ2n) is 19.2. The molecule has 0 saturated heterocycles. The molecule has 4 aromatic heterocycles. The van der Waals surface area contributed by atoms with Crippen molar-refractivity contribution in [2.75, 3.05) is 9.80 Å². The van der Waals surface area contributed by atoms with E-state index in [1.807, 2.05) is 22.7 Å². The lowest BCUT2D eigenvalue weighted by Gasteiger charge is -2.28. The molecule has 0 unspecified atom stereocenters. The molecule has 12 aromatic rings. The molecule has 4 nitrogen and oxygen atoms in total. The molecule has 0 aliphatic carbocycles. The molecule has 8 aromatic carbocycles. The van der Waals surface area contributed by atoms with E-state index in [9.17, 15) is 0 Å². The highest BCUT2D eigenvalue weighted by molar-refractivity contribution is 7.26. The highest BCUT2D eigenvalue weighted by Gasteiger charge is 2.23. The SMILES string of the molecule is C[Si](C)(C)c1ccc(N(c2cc3cnc4cc(N(c5ccc([Si](C)(C)C)cc5)c5ccc6c(c5)sc5ccccc56)cc5cnc(c2)c3c54)c2ccc3c(c2)sc2ccccc23)cc1. The van der Waals surface area contributed by atoms with E-state index < -0.39 is 16.1 Å². The minimum absolute atomic E-state index is 0.959. The van der Waals surface area contributed by atoms with E-state index in [-0.39, 0.29) is 0 Å². The van der Waals surface area contributed by atoms with Crippen LogP contribution in [0.15, 0.2) is 170 Å². The van der Waals surface area contributed by atoms with Gasteiger partial charge in [-0.05, 0) is 84.9 Å². The molecule has 0 spiro atoms. The van der Waals surface area contributed by atoms with Crippen LogP contribution in [-0.2, 0) is 0 Å². The molecule has 0 radical (unpaired) electrons. The third kappa shape index (κ3) is 6.50. The number of pyridine rings is 2. The van der Waals surface area contributed by atoms with Crippen LogP contribution in [0.2, 0.25) is 39.3 Å². The van der Waals surface area contributed by atoms with Gasteiger partial charge in [0, 0.05) is 108 Å². The number of aromatic nitrogens is 2. The first-order chi connectivity index (χ1) is 30.9. The Morgan fingerprint density at radius 2 is 0.734 bits per heavy atom. The van der Waals surface area contributed by atoms with Crippen molar-refractivity contribution >= 4 is 156 Å². The van der Waals surface area contributed by atoms with Crippen molar-refractivity contribution in [3.8, 4) is 0 Å². The van der Waals surface area contributed by atoms with Crippen molar-refractivity contribution in [3.05, 3.63) is 170 Å². The summed E-state index contributed by atoms with van der Waals surface area (Å²) in [6, 6.07) is 58.9. The van der Waals surface area contributed by atoms with E-state index in [1.165, 1.54) is 50.7 Å². The van der Waals surface area contributed by atoms with E-state index in [1.54, 1.807) is 0 Å². The van der Waals surface area contributed by atoms with Crippen LogP contribution in [0.25, 0.3) is 72.9 Å². The van der Waals surface area contributed by atoms with Gasteiger partial charge in [-0.15, -0.1) is 22.7 Å². The fraction of sp³-hybridized carbons (Fsp3) is 0.107. The van der Waals surface area contributed by atoms with Crippen LogP contribution in [0.3, 0.4) is 0 Å². The van der Waals surface area contributed by atoms with Gasteiger partial charge in [0.2, 0.25) is 0 Å². The van der Waals surface area contributed by atoms with E-state index in [0.717, 1.165) is 66.7 Å². The van der Waals surface area contributed by atoms with Gasteiger partial charge in [-0.25, -0.2) is 0 Å². The lowest BCUT2D eigenvalue weighted by Crippen LogP contribution is -2.37. The summed E-state index contributed by atoms with van der Waals surface area (Å²) in [5, 5.41) is 12.5. The highest BCUT2D eigenvalue weighted by atomic mass is 32.1. The quantitative estimate of drug-likeness (QED) is 0.112. The number of thiophene rings is 2. The summed E-state index contributed by atoms with van der Waals surface area (Å²) in [5.41, 5.74) is 8.54. The fourth-order valence-electron chi connectivity index (χ4n) is 9.58. The van der Waals surface area contributed by atoms with Crippen molar-refractivity contribution in [2.24, 2.45) is 0 Å². The van der Waals surface area contributed by atoms with Gasteiger partial charge in [0.15, 0.2) is 0 Å². The summed E-state index contributed by atoms with van der Waals surface area (Å²) in [6.07, 6.45) is 4.11. The van der Waals surface area contributed by atoms with Gasteiger partial charge in [0.05, 0.1) is 27.2 Å². The maximum atomic E-state index is 5.26. The average molecular weight is 895 g/mol. The lowest BCUT2D eigenvalue weighted by molar-refractivity contribution is 1.28. The van der Waals surface area contributed by atoms with E-state index in [0.29, 0.717) is 0 Å². The maximum absolute atomic E-state index is 5.26. The first-order valence-corrected chi connectivity index (χ1v) is 30.7. The molecule has 64 heavy (non-hydrogen) atoms. The third-order valence-electron chi connectivity index (χ3n) is 12.9. The number of nitrogens with zero attached hydrogens (tertiary/aromatic N) is 4. The maximum Gasteiger partial charge on any atom is 0.0775 e. The Morgan fingerprint density at radius 1 is 0.359 bits per heavy atom. The number of hydrogen-bond donors (Lipinski definition) is 0. The van der Waals surface area contributed by atoms with E-state index >= 15 is 0 Å². The van der Waals surface area contributed by atoms with Gasteiger partial charge < -0.3 is 9.80 Å². The molecule has 0 aliphatic heterocycles. The summed E-state index contributed by atoms with van der Waals surface area (Å²) >= 11 is 3.71. The Labute approximate surface area is 383 Å². The summed E-state index contributed by atoms with van der Waals surface area (Å²) < 4.78 is 5.17. The smallest absolute Gasteiger partial charge is 0.0775 e. The molecule has 12 rings (SSSR count). The molecule has 4 heterocycles. The van der Waals surface area contributed by atoms with Gasteiger partial charge >= 0.3 is 0 Å². The van der Waals surface area contributed by atoms with Crippen LogP contribution in [0, 0.1) is 0 Å². The minimum Gasteiger partial charge on any atom is -0.310 e. The first kappa shape index (κ1) is 39.2. The Hall–Kier alpha value is -6.43. The monoisotopic (exact) mass is 894 g/mol. The standard InChI is InChI=1S/C56H46N4S2Si2/c1-63(2,3)43-21-15-37(16-22-43)59(39-19-25-47-45-11-7-9-13-51(45)61-53(47)31-39)41-27-35-33-58-50-30-42(28-36-34-57-49(29-41)55(35)56(36)50)60(38-17-23-44(24-18-38)64(4,5)6)40-20-26-48-46-12-8-10-14-52(46)62-54(48)32-40/h7-34H,1-6H3. The summed E-state index contributed by atoms with van der Waals surface area (Å²) in [5.74, 6) is 0. The van der Waals surface area contributed by atoms with Gasteiger partial charge in [-0.1, -0.05) is 122 Å². The highest BCUT2D eigenvalue weighted by Crippen LogP contribution is 2.46. The van der Waals surface area contributed by atoms with Gasteiger partial charge in [-0.3, -0.25) is 9.97 Å². The fourth-order valence-corrected chi connectivity index (χ4v) is 14.2. The number of benzene rings is 8. The first-order valence-electron chi connectivity index (χ1n) is 22.0. The van der Waals surface area contributed by atoms with Gasteiger partial charge in [-0.2, -0.15) is 0 Å². The number of hydrogen-bond acceptors (Lipinski definition) is 6. The Bertz CT molecular complexity index is 3450.